The van der Waals surface area contributed by atoms with Crippen LogP contribution in [0.1, 0.15) is 12.3 Å². The first kappa shape index (κ1) is 11.1. The van der Waals surface area contributed by atoms with Crippen molar-refractivity contribution in [2.75, 3.05) is 0 Å². The molecule has 0 spiro atoms. The monoisotopic (exact) mass is 235 g/mol. The summed E-state index contributed by atoms with van der Waals surface area (Å²) in [7, 11) is 0. The molecule has 7 nitrogen and oxygen atoms in total. The highest BCUT2D eigenvalue weighted by Crippen LogP contribution is 2.13. The first-order valence-corrected chi connectivity index (χ1v) is 4.89. The number of nitrogens with zero attached hydrogens (tertiary/aromatic N) is 2. The molecule has 17 heavy (non-hydrogen) atoms. The van der Waals surface area contributed by atoms with E-state index in [4.69, 9.17) is 9.52 Å². The van der Waals surface area contributed by atoms with Crippen LogP contribution in [0.5, 0.6) is 0 Å². The van der Waals surface area contributed by atoms with Gasteiger partial charge < -0.3 is 14.5 Å². The second kappa shape index (κ2) is 4.60. The van der Waals surface area contributed by atoms with Crippen LogP contribution < -0.4 is 5.56 Å². The maximum atomic E-state index is 11.1. The normalized spacial score (nSPS) is 10.4. The van der Waals surface area contributed by atoms with Crippen molar-refractivity contribution < 1.29 is 14.3 Å². The van der Waals surface area contributed by atoms with E-state index in [1.54, 1.807) is 12.1 Å². The van der Waals surface area contributed by atoms with Crippen molar-refractivity contribution in [1.29, 1.82) is 0 Å². The lowest BCUT2D eigenvalue weighted by Gasteiger charge is -1.92. The van der Waals surface area contributed by atoms with E-state index in [2.05, 4.69) is 15.2 Å². The number of carboxylic acids is 1. The van der Waals surface area contributed by atoms with Gasteiger partial charge in [0.05, 0.1) is 6.42 Å². The van der Waals surface area contributed by atoms with Crippen molar-refractivity contribution in [2.24, 2.45) is 0 Å². The van der Waals surface area contributed by atoms with Crippen LogP contribution in [0.4, 0.5) is 0 Å². The second-order valence-corrected chi connectivity index (χ2v) is 3.32. The first-order chi connectivity index (χ1) is 8.15. The Morgan fingerprint density at radius 1 is 1.41 bits per heavy atom. The van der Waals surface area contributed by atoms with Crippen molar-refractivity contribution in [2.45, 2.75) is 12.8 Å². The topological polar surface area (TPSA) is 109 Å². The molecule has 0 amide bonds. The van der Waals surface area contributed by atoms with Gasteiger partial charge in [-0.05, 0) is 6.07 Å². The molecule has 88 valence electrons. The van der Waals surface area contributed by atoms with E-state index in [-0.39, 0.29) is 30.2 Å². The van der Waals surface area contributed by atoms with Crippen LogP contribution in [0.25, 0.3) is 11.6 Å². The predicted octanol–water partition coefficient (Wildman–Crippen LogP) is 0.442. The Morgan fingerprint density at radius 2 is 2.24 bits per heavy atom. The number of hydrogen-bond acceptors (Lipinski definition) is 5. The molecule has 0 fully saturated rings. The Hall–Kier alpha value is -2.44. The Morgan fingerprint density at radius 3 is 2.94 bits per heavy atom. The van der Waals surface area contributed by atoms with E-state index in [9.17, 15) is 9.59 Å². The minimum Gasteiger partial charge on any atom is -0.481 e. The number of carbonyl (C=O) groups is 1. The van der Waals surface area contributed by atoms with Crippen molar-refractivity contribution in [3.63, 3.8) is 0 Å². The van der Waals surface area contributed by atoms with Crippen LogP contribution >= 0.6 is 0 Å². The molecule has 0 atom stereocenters. The molecule has 0 saturated carbocycles. The van der Waals surface area contributed by atoms with E-state index in [0.29, 0.717) is 5.69 Å². The molecule has 0 aliphatic rings. The SMILES string of the molecule is O=C(O)CCc1nnc(-c2cccc(=O)[nH]2)o1. The number of rotatable bonds is 4. The minimum absolute atomic E-state index is 0.0764. The van der Waals surface area contributed by atoms with Crippen LogP contribution in [0.15, 0.2) is 27.4 Å². The number of carboxylic acid groups (broad SMARTS) is 1. The van der Waals surface area contributed by atoms with Gasteiger partial charge in [-0.3, -0.25) is 9.59 Å². The number of H-pyrrole nitrogens is 1. The molecule has 2 heterocycles. The Labute approximate surface area is 95.1 Å². The summed E-state index contributed by atoms with van der Waals surface area (Å²) < 4.78 is 5.22. The lowest BCUT2D eigenvalue weighted by molar-refractivity contribution is -0.137. The third kappa shape index (κ3) is 2.77. The van der Waals surface area contributed by atoms with Gasteiger partial charge in [0.1, 0.15) is 5.69 Å². The fraction of sp³-hybridized carbons (Fsp3) is 0.200. The number of aromatic amines is 1. The summed E-state index contributed by atoms with van der Waals surface area (Å²) in [6, 6.07) is 4.55. The molecule has 0 unspecified atom stereocenters. The van der Waals surface area contributed by atoms with Gasteiger partial charge in [0.15, 0.2) is 0 Å². The van der Waals surface area contributed by atoms with Gasteiger partial charge in [0, 0.05) is 12.5 Å². The summed E-state index contributed by atoms with van der Waals surface area (Å²) in [6.45, 7) is 0. The average Bonchev–Trinajstić information content (AvgIpc) is 2.75. The molecule has 2 rings (SSSR count). The van der Waals surface area contributed by atoms with Crippen LogP contribution in [-0.4, -0.2) is 26.3 Å². The van der Waals surface area contributed by atoms with Crippen LogP contribution in [0.3, 0.4) is 0 Å². The van der Waals surface area contributed by atoms with Crippen molar-refractivity contribution >= 4 is 5.97 Å². The predicted molar refractivity (Wildman–Crippen MR) is 56.3 cm³/mol. The zero-order chi connectivity index (χ0) is 12.3. The summed E-state index contributed by atoms with van der Waals surface area (Å²) in [5.41, 5.74) is 0.138. The molecular formula is C10H9N3O4. The molecule has 2 aromatic rings. The zero-order valence-corrected chi connectivity index (χ0v) is 8.71. The Bertz CT molecular complexity index is 587. The highest BCUT2D eigenvalue weighted by Gasteiger charge is 2.10. The highest BCUT2D eigenvalue weighted by atomic mass is 16.4. The summed E-state index contributed by atoms with van der Waals surface area (Å²) in [5.74, 6) is -0.534. The molecule has 2 N–H and O–H groups in total. The number of aromatic nitrogens is 3. The molecule has 0 radical (unpaired) electrons. The van der Waals surface area contributed by atoms with Gasteiger partial charge >= 0.3 is 5.97 Å². The van der Waals surface area contributed by atoms with Crippen molar-refractivity contribution in [1.82, 2.24) is 15.2 Å². The van der Waals surface area contributed by atoms with Gasteiger partial charge in [-0.25, -0.2) is 0 Å². The summed E-state index contributed by atoms with van der Waals surface area (Å²) in [4.78, 5) is 24.0. The number of aryl methyl sites for hydroxylation is 1. The Kier molecular flexibility index (Phi) is 2.99. The van der Waals surface area contributed by atoms with Crippen molar-refractivity contribution in [3.8, 4) is 11.6 Å². The summed E-state index contributed by atoms with van der Waals surface area (Å²) in [5, 5.41) is 15.9. The van der Waals surface area contributed by atoms with Crippen LogP contribution in [-0.2, 0) is 11.2 Å². The van der Waals surface area contributed by atoms with E-state index < -0.39 is 5.97 Å². The number of nitrogens with one attached hydrogen (secondary N) is 1. The van der Waals surface area contributed by atoms with Gasteiger partial charge in [-0.1, -0.05) is 6.07 Å². The molecule has 7 heteroatoms. The standard InChI is InChI=1S/C10H9N3O4/c14-7-3-1-2-6(11-7)10-13-12-8(17-10)4-5-9(15)16/h1-3H,4-5H2,(H,11,14)(H,15,16). The third-order valence-electron chi connectivity index (χ3n) is 2.02. The van der Waals surface area contributed by atoms with Gasteiger partial charge in [-0.2, -0.15) is 0 Å². The molecular weight excluding hydrogens is 226 g/mol. The first-order valence-electron chi connectivity index (χ1n) is 4.89. The molecule has 2 aromatic heterocycles. The number of pyridine rings is 1. The maximum Gasteiger partial charge on any atom is 0.303 e. The number of hydrogen-bond donors (Lipinski definition) is 2. The van der Waals surface area contributed by atoms with Crippen molar-refractivity contribution in [3.05, 3.63) is 34.4 Å². The lowest BCUT2D eigenvalue weighted by atomic mass is 10.3. The van der Waals surface area contributed by atoms with E-state index in [1.165, 1.54) is 6.07 Å². The molecule has 0 bridgehead atoms. The minimum atomic E-state index is -0.933. The fourth-order valence-electron chi connectivity index (χ4n) is 1.25. The maximum absolute atomic E-state index is 11.1. The van der Waals surface area contributed by atoms with Gasteiger partial charge in [-0.15, -0.1) is 10.2 Å². The van der Waals surface area contributed by atoms with E-state index >= 15 is 0 Å². The zero-order valence-electron chi connectivity index (χ0n) is 8.71. The van der Waals surface area contributed by atoms with Gasteiger partial charge in [0.25, 0.3) is 5.89 Å². The molecule has 0 saturated heterocycles. The highest BCUT2D eigenvalue weighted by molar-refractivity contribution is 5.66. The van der Waals surface area contributed by atoms with Crippen LogP contribution in [0.2, 0.25) is 0 Å². The molecule has 0 aromatic carbocycles. The quantitative estimate of drug-likeness (QED) is 0.795. The fourth-order valence-corrected chi connectivity index (χ4v) is 1.25. The third-order valence-corrected chi connectivity index (χ3v) is 2.02. The molecule has 0 aliphatic carbocycles. The largest absolute Gasteiger partial charge is 0.481 e. The Balaban J connectivity index is 2.18. The molecule has 0 aliphatic heterocycles. The lowest BCUT2D eigenvalue weighted by Crippen LogP contribution is -2.03. The summed E-state index contributed by atoms with van der Waals surface area (Å²) >= 11 is 0. The summed E-state index contributed by atoms with van der Waals surface area (Å²) in [6.07, 6.45) is 0.0896. The van der Waals surface area contributed by atoms with Crippen LogP contribution in [0, 0.1) is 0 Å². The average molecular weight is 235 g/mol. The van der Waals surface area contributed by atoms with E-state index in [1.807, 2.05) is 0 Å². The number of aliphatic carboxylic acids is 1. The second-order valence-electron chi connectivity index (χ2n) is 3.32. The van der Waals surface area contributed by atoms with Gasteiger partial charge in [0.2, 0.25) is 11.4 Å². The smallest absolute Gasteiger partial charge is 0.303 e. The van der Waals surface area contributed by atoms with E-state index in [0.717, 1.165) is 0 Å².